The van der Waals surface area contributed by atoms with Crippen molar-refractivity contribution in [2.45, 2.75) is 20.8 Å². The summed E-state index contributed by atoms with van der Waals surface area (Å²) in [5.41, 5.74) is -1.57. The molecule has 0 saturated carbocycles. The van der Waals surface area contributed by atoms with Crippen molar-refractivity contribution in [3.05, 3.63) is 44.9 Å². The van der Waals surface area contributed by atoms with E-state index in [9.17, 15) is 24.1 Å². The molecule has 2 aromatic rings. The molecular weight excluding hydrogens is 335 g/mol. The summed E-state index contributed by atoms with van der Waals surface area (Å²) >= 11 is 0. The van der Waals surface area contributed by atoms with Gasteiger partial charge < -0.3 is 9.47 Å². The van der Waals surface area contributed by atoms with E-state index >= 15 is 0 Å². The van der Waals surface area contributed by atoms with Crippen molar-refractivity contribution in [1.82, 2.24) is 4.98 Å². The maximum absolute atomic E-state index is 14.4. The Bertz CT molecular complexity index is 881. The molecule has 0 amide bonds. The van der Waals surface area contributed by atoms with Gasteiger partial charge in [0.1, 0.15) is 17.0 Å². The first-order valence-electron chi connectivity index (χ1n) is 7.44. The first-order valence-corrected chi connectivity index (χ1v) is 7.44. The van der Waals surface area contributed by atoms with Gasteiger partial charge in [-0.2, -0.15) is 0 Å². The summed E-state index contributed by atoms with van der Waals surface area (Å²) in [5, 5.41) is 11.1. The quantitative estimate of drug-likeness (QED) is 0.463. The lowest BCUT2D eigenvalue weighted by Gasteiger charge is -2.11. The number of rotatable bonds is 5. The minimum atomic E-state index is -0.923. The number of benzene rings is 1. The molecule has 0 radical (unpaired) electrons. The van der Waals surface area contributed by atoms with Gasteiger partial charge in [-0.05, 0) is 32.9 Å². The molecule has 8 nitrogen and oxygen atoms in total. The molecule has 0 aliphatic carbocycles. The van der Waals surface area contributed by atoms with E-state index in [0.29, 0.717) is 0 Å². The van der Waals surface area contributed by atoms with Crippen LogP contribution in [0.1, 0.15) is 40.3 Å². The molecule has 2 rings (SSSR count). The Hall–Kier alpha value is -3.10. The molecule has 1 aromatic heterocycles. The van der Waals surface area contributed by atoms with Crippen LogP contribution in [-0.2, 0) is 9.47 Å². The highest BCUT2D eigenvalue weighted by molar-refractivity contribution is 6.09. The van der Waals surface area contributed by atoms with E-state index < -0.39 is 33.9 Å². The Labute approximate surface area is 141 Å². The largest absolute Gasteiger partial charge is 0.462 e. The summed E-state index contributed by atoms with van der Waals surface area (Å²) in [4.78, 5) is 38.7. The summed E-state index contributed by atoms with van der Waals surface area (Å²) in [7, 11) is 0. The van der Waals surface area contributed by atoms with Gasteiger partial charge in [0.15, 0.2) is 0 Å². The first-order chi connectivity index (χ1) is 11.8. The van der Waals surface area contributed by atoms with Crippen LogP contribution in [-0.4, -0.2) is 35.1 Å². The molecule has 25 heavy (non-hydrogen) atoms. The van der Waals surface area contributed by atoms with Crippen molar-refractivity contribution in [3.8, 4) is 0 Å². The van der Waals surface area contributed by atoms with Gasteiger partial charge in [0.05, 0.1) is 29.1 Å². The van der Waals surface area contributed by atoms with Crippen LogP contribution in [0.5, 0.6) is 0 Å². The maximum atomic E-state index is 14.4. The monoisotopic (exact) mass is 350 g/mol. The first kappa shape index (κ1) is 18.2. The Kier molecular flexibility index (Phi) is 5.26. The van der Waals surface area contributed by atoms with Crippen LogP contribution < -0.4 is 0 Å². The van der Waals surface area contributed by atoms with Crippen LogP contribution >= 0.6 is 0 Å². The molecule has 1 aromatic carbocycles. The average molecular weight is 350 g/mol. The number of halogens is 1. The van der Waals surface area contributed by atoms with Gasteiger partial charge in [-0.1, -0.05) is 0 Å². The summed E-state index contributed by atoms with van der Waals surface area (Å²) in [6, 6.07) is 1.95. The second kappa shape index (κ2) is 7.20. The van der Waals surface area contributed by atoms with Crippen molar-refractivity contribution < 1.29 is 28.4 Å². The standard InChI is InChI=1S/C16H15FN2O6/c1-4-24-15(20)9-7-11(16(21)25-5-2)18-13-10(17)6-8(3)14(12(9)13)19(22)23/h6-7H,4-5H2,1-3H3. The number of aryl methyl sites for hydroxylation is 1. The fourth-order valence-electron chi connectivity index (χ4n) is 2.40. The van der Waals surface area contributed by atoms with Crippen molar-refractivity contribution in [1.29, 1.82) is 0 Å². The van der Waals surface area contributed by atoms with Gasteiger partial charge in [-0.15, -0.1) is 0 Å². The molecule has 132 valence electrons. The van der Waals surface area contributed by atoms with E-state index in [4.69, 9.17) is 9.47 Å². The molecule has 9 heteroatoms. The third-order valence-corrected chi connectivity index (χ3v) is 3.36. The average Bonchev–Trinajstić information content (AvgIpc) is 2.54. The lowest BCUT2D eigenvalue weighted by atomic mass is 10.0. The number of nitro groups is 1. The van der Waals surface area contributed by atoms with Crippen LogP contribution in [0.2, 0.25) is 0 Å². The second-order valence-corrected chi connectivity index (χ2v) is 5.00. The van der Waals surface area contributed by atoms with E-state index in [0.717, 1.165) is 12.1 Å². The van der Waals surface area contributed by atoms with Gasteiger partial charge in [0.2, 0.25) is 0 Å². The highest BCUT2D eigenvalue weighted by atomic mass is 19.1. The zero-order valence-electron chi connectivity index (χ0n) is 13.8. The van der Waals surface area contributed by atoms with Crippen LogP contribution in [0.25, 0.3) is 10.9 Å². The maximum Gasteiger partial charge on any atom is 0.356 e. The molecule has 0 atom stereocenters. The molecule has 0 N–H and O–H groups in total. The lowest BCUT2D eigenvalue weighted by Crippen LogP contribution is -2.13. The number of aromatic nitrogens is 1. The minimum absolute atomic E-state index is 0.000511. The van der Waals surface area contributed by atoms with Crippen molar-refractivity contribution in [2.75, 3.05) is 13.2 Å². The Balaban J connectivity index is 2.92. The van der Waals surface area contributed by atoms with Crippen LogP contribution in [0.15, 0.2) is 12.1 Å². The Morgan fingerprint density at radius 3 is 2.36 bits per heavy atom. The van der Waals surface area contributed by atoms with Gasteiger partial charge in [-0.25, -0.2) is 19.0 Å². The Morgan fingerprint density at radius 1 is 1.20 bits per heavy atom. The molecule has 0 unspecified atom stereocenters. The molecular formula is C16H15FN2O6. The molecule has 0 saturated heterocycles. The third kappa shape index (κ3) is 3.39. The number of carbonyl (C=O) groups is 2. The highest BCUT2D eigenvalue weighted by Gasteiger charge is 2.28. The van der Waals surface area contributed by atoms with Crippen molar-refractivity contribution >= 4 is 28.5 Å². The van der Waals surface area contributed by atoms with Gasteiger partial charge in [0.25, 0.3) is 5.69 Å². The SMILES string of the molecule is CCOC(=O)c1cc(C(=O)OCC)c2c([N+](=O)[O-])c(C)cc(F)c2n1. The molecule has 0 spiro atoms. The number of pyridine rings is 1. The van der Waals surface area contributed by atoms with Gasteiger partial charge in [0, 0.05) is 5.56 Å². The number of carbonyl (C=O) groups excluding carboxylic acids is 2. The predicted octanol–water partition coefficient (Wildman–Crippen LogP) is 2.94. The third-order valence-electron chi connectivity index (χ3n) is 3.36. The topological polar surface area (TPSA) is 109 Å². The van der Waals surface area contributed by atoms with E-state index in [2.05, 4.69) is 4.98 Å². The Morgan fingerprint density at radius 2 is 1.80 bits per heavy atom. The lowest BCUT2D eigenvalue weighted by molar-refractivity contribution is -0.383. The summed E-state index contributed by atoms with van der Waals surface area (Å²) in [6.07, 6.45) is 0. The number of nitrogens with zero attached hydrogens (tertiary/aromatic N) is 2. The molecule has 1 heterocycles. The van der Waals surface area contributed by atoms with Gasteiger partial charge in [-0.3, -0.25) is 10.1 Å². The zero-order valence-corrected chi connectivity index (χ0v) is 13.8. The van der Waals surface area contributed by atoms with Crippen molar-refractivity contribution in [2.24, 2.45) is 0 Å². The van der Waals surface area contributed by atoms with Crippen LogP contribution in [0.3, 0.4) is 0 Å². The summed E-state index contributed by atoms with van der Waals surface area (Å²) in [6.45, 7) is 4.51. The number of esters is 2. The second-order valence-electron chi connectivity index (χ2n) is 5.00. The van der Waals surface area contributed by atoms with Gasteiger partial charge >= 0.3 is 11.9 Å². The number of hydrogen-bond donors (Lipinski definition) is 0. The smallest absolute Gasteiger partial charge is 0.356 e. The van der Waals surface area contributed by atoms with E-state index in [-0.39, 0.29) is 35.4 Å². The van der Waals surface area contributed by atoms with E-state index in [1.807, 2.05) is 0 Å². The molecule has 0 fully saturated rings. The summed E-state index contributed by atoms with van der Waals surface area (Å²) < 4.78 is 24.0. The predicted molar refractivity (Wildman–Crippen MR) is 85.0 cm³/mol. The fraction of sp³-hybridized carbons (Fsp3) is 0.312. The summed E-state index contributed by atoms with van der Waals surface area (Å²) in [5.74, 6) is -2.69. The highest BCUT2D eigenvalue weighted by Crippen LogP contribution is 2.34. The molecule has 0 aliphatic rings. The normalized spacial score (nSPS) is 10.6. The number of hydrogen-bond acceptors (Lipinski definition) is 7. The molecule has 0 aliphatic heterocycles. The number of fused-ring (bicyclic) bond motifs is 1. The van der Waals surface area contributed by atoms with Crippen LogP contribution in [0, 0.1) is 22.9 Å². The number of nitro benzene ring substituents is 1. The number of ether oxygens (including phenoxy) is 2. The van der Waals surface area contributed by atoms with E-state index in [1.54, 1.807) is 13.8 Å². The van der Waals surface area contributed by atoms with Crippen LogP contribution in [0.4, 0.5) is 10.1 Å². The fourth-order valence-corrected chi connectivity index (χ4v) is 2.40. The van der Waals surface area contributed by atoms with Crippen molar-refractivity contribution in [3.63, 3.8) is 0 Å². The van der Waals surface area contributed by atoms with E-state index in [1.165, 1.54) is 6.92 Å². The minimum Gasteiger partial charge on any atom is -0.462 e. The zero-order chi connectivity index (χ0) is 18.7. The molecule has 0 bridgehead atoms.